The Kier molecular flexibility index (Phi) is 3.34. The number of aliphatic imine (C=N–C) groups is 1. The molecule has 0 amide bonds. The normalized spacial score (nSPS) is 15.1. The summed E-state index contributed by atoms with van der Waals surface area (Å²) < 4.78 is 10.8. The quantitative estimate of drug-likeness (QED) is 0.497. The molecule has 1 aliphatic rings. The molecule has 0 aromatic heterocycles. The maximum atomic E-state index is 9.86. The molecule has 0 radical (unpaired) electrons. The summed E-state index contributed by atoms with van der Waals surface area (Å²) >= 11 is 0. The number of rotatable bonds is 3. The first-order valence-corrected chi connectivity index (χ1v) is 5.30. The number of aliphatic hydroxyl groups excluding tert-OH is 1. The van der Waals surface area contributed by atoms with Crippen LogP contribution in [0.25, 0.3) is 0 Å². The number of hydrogen-bond acceptors (Lipinski definition) is 4. The molecule has 1 atom stereocenters. The topological polar surface area (TPSA) is 103 Å². The van der Waals surface area contributed by atoms with Gasteiger partial charge in [0.25, 0.3) is 0 Å². The molecule has 1 heterocycles. The van der Waals surface area contributed by atoms with Crippen LogP contribution in [0.2, 0.25) is 0 Å². The Bertz CT molecular complexity index is 430. The fourth-order valence-electron chi connectivity index (χ4n) is 1.56. The third-order valence-corrected chi connectivity index (χ3v) is 2.40. The molecule has 6 heteroatoms. The summed E-state index contributed by atoms with van der Waals surface area (Å²) in [6.45, 7) is 1.19. The third kappa shape index (κ3) is 2.79. The minimum absolute atomic E-state index is 0.0402. The lowest BCUT2D eigenvalue weighted by molar-refractivity contribution is 0.166. The monoisotopic (exact) mass is 237 g/mol. The smallest absolute Gasteiger partial charge is 0.186 e. The van der Waals surface area contributed by atoms with Crippen LogP contribution in [0, 0.1) is 0 Å². The molecule has 0 saturated heterocycles. The van der Waals surface area contributed by atoms with E-state index in [-0.39, 0.29) is 12.5 Å². The van der Waals surface area contributed by atoms with Crippen LogP contribution in [0.5, 0.6) is 11.5 Å². The summed E-state index contributed by atoms with van der Waals surface area (Å²) in [6, 6.07) is 5.27. The maximum Gasteiger partial charge on any atom is 0.186 e. The van der Waals surface area contributed by atoms with E-state index < -0.39 is 6.10 Å². The Morgan fingerprint density at radius 3 is 2.71 bits per heavy atom. The van der Waals surface area contributed by atoms with Gasteiger partial charge in [-0.2, -0.15) is 0 Å². The van der Waals surface area contributed by atoms with Crippen molar-refractivity contribution in [2.75, 3.05) is 19.8 Å². The number of aliphatic hydroxyl groups is 1. The maximum absolute atomic E-state index is 9.86. The molecule has 1 aromatic carbocycles. The lowest BCUT2D eigenvalue weighted by atomic mass is 10.1. The highest BCUT2D eigenvalue weighted by Crippen LogP contribution is 2.32. The summed E-state index contributed by atoms with van der Waals surface area (Å²) in [5.41, 5.74) is 11.1. The second-order valence-electron chi connectivity index (χ2n) is 3.68. The molecule has 0 bridgehead atoms. The van der Waals surface area contributed by atoms with Gasteiger partial charge in [0.05, 0.1) is 12.6 Å². The summed E-state index contributed by atoms with van der Waals surface area (Å²) in [5, 5.41) is 9.86. The molecule has 5 N–H and O–H groups in total. The predicted octanol–water partition coefficient (Wildman–Crippen LogP) is -0.235. The van der Waals surface area contributed by atoms with Gasteiger partial charge in [0, 0.05) is 0 Å². The largest absolute Gasteiger partial charge is 0.486 e. The van der Waals surface area contributed by atoms with Crippen LogP contribution < -0.4 is 20.9 Å². The summed E-state index contributed by atoms with van der Waals surface area (Å²) in [5.74, 6) is 1.29. The second-order valence-corrected chi connectivity index (χ2v) is 3.68. The van der Waals surface area contributed by atoms with Crippen molar-refractivity contribution in [2.45, 2.75) is 6.10 Å². The van der Waals surface area contributed by atoms with Crippen molar-refractivity contribution in [3.8, 4) is 11.5 Å². The van der Waals surface area contributed by atoms with Crippen LogP contribution >= 0.6 is 0 Å². The van der Waals surface area contributed by atoms with E-state index in [2.05, 4.69) is 4.99 Å². The fourth-order valence-corrected chi connectivity index (χ4v) is 1.56. The van der Waals surface area contributed by atoms with Crippen LogP contribution in [-0.4, -0.2) is 30.8 Å². The molecule has 1 aliphatic heterocycles. The van der Waals surface area contributed by atoms with Gasteiger partial charge in [-0.05, 0) is 17.7 Å². The Morgan fingerprint density at radius 2 is 2.00 bits per heavy atom. The van der Waals surface area contributed by atoms with E-state index in [1.165, 1.54) is 0 Å². The van der Waals surface area contributed by atoms with Gasteiger partial charge in [0.2, 0.25) is 0 Å². The highest BCUT2D eigenvalue weighted by atomic mass is 16.6. The number of guanidine groups is 1. The number of fused-ring (bicyclic) bond motifs is 1. The first-order chi connectivity index (χ1) is 8.16. The lowest BCUT2D eigenvalue weighted by Crippen LogP contribution is -2.23. The van der Waals surface area contributed by atoms with Crippen LogP contribution in [0.1, 0.15) is 11.7 Å². The SMILES string of the molecule is NC(N)=NCC(O)c1ccc2c(c1)OCCO2. The highest BCUT2D eigenvalue weighted by molar-refractivity contribution is 5.75. The summed E-state index contributed by atoms with van der Waals surface area (Å²) in [6.07, 6.45) is -0.757. The second kappa shape index (κ2) is 4.92. The zero-order valence-corrected chi connectivity index (χ0v) is 9.30. The molecule has 92 valence electrons. The van der Waals surface area contributed by atoms with Crippen molar-refractivity contribution in [3.63, 3.8) is 0 Å². The predicted molar refractivity (Wildman–Crippen MR) is 63.1 cm³/mol. The van der Waals surface area contributed by atoms with Gasteiger partial charge in [-0.3, -0.25) is 4.99 Å². The Balaban J connectivity index is 2.13. The molecular weight excluding hydrogens is 222 g/mol. The van der Waals surface area contributed by atoms with E-state index >= 15 is 0 Å². The number of nitrogens with two attached hydrogens (primary N) is 2. The van der Waals surface area contributed by atoms with Crippen molar-refractivity contribution in [1.82, 2.24) is 0 Å². The van der Waals surface area contributed by atoms with Crippen LogP contribution in [0.4, 0.5) is 0 Å². The Morgan fingerprint density at radius 1 is 1.29 bits per heavy atom. The third-order valence-electron chi connectivity index (χ3n) is 2.40. The number of benzene rings is 1. The van der Waals surface area contributed by atoms with Gasteiger partial charge in [0.15, 0.2) is 17.5 Å². The molecule has 0 aliphatic carbocycles. The van der Waals surface area contributed by atoms with E-state index in [9.17, 15) is 5.11 Å². The minimum Gasteiger partial charge on any atom is -0.486 e. The Labute approximate surface area is 98.8 Å². The number of ether oxygens (including phenoxy) is 2. The van der Waals surface area contributed by atoms with Crippen molar-refractivity contribution in [2.24, 2.45) is 16.5 Å². The highest BCUT2D eigenvalue weighted by Gasteiger charge is 2.15. The van der Waals surface area contributed by atoms with Gasteiger partial charge >= 0.3 is 0 Å². The summed E-state index contributed by atoms with van der Waals surface area (Å²) in [4.78, 5) is 3.76. The van der Waals surface area contributed by atoms with Gasteiger partial charge in [-0.1, -0.05) is 6.07 Å². The molecule has 1 aromatic rings. The fraction of sp³-hybridized carbons (Fsp3) is 0.364. The Hall–Kier alpha value is -1.95. The number of nitrogens with zero attached hydrogens (tertiary/aromatic N) is 1. The van der Waals surface area contributed by atoms with E-state index in [4.69, 9.17) is 20.9 Å². The summed E-state index contributed by atoms with van der Waals surface area (Å²) in [7, 11) is 0. The zero-order chi connectivity index (χ0) is 12.3. The van der Waals surface area contributed by atoms with Crippen molar-refractivity contribution in [3.05, 3.63) is 23.8 Å². The molecule has 0 fully saturated rings. The van der Waals surface area contributed by atoms with Crippen molar-refractivity contribution in [1.29, 1.82) is 0 Å². The van der Waals surface area contributed by atoms with E-state index in [0.29, 0.717) is 30.3 Å². The van der Waals surface area contributed by atoms with Gasteiger partial charge in [-0.15, -0.1) is 0 Å². The van der Waals surface area contributed by atoms with E-state index in [1.54, 1.807) is 18.2 Å². The standard InChI is InChI=1S/C11H15N3O3/c12-11(13)14-6-8(15)7-1-2-9-10(5-7)17-4-3-16-9/h1-2,5,8,15H,3-4,6H2,(H4,12,13,14). The van der Waals surface area contributed by atoms with Crippen LogP contribution in [0.15, 0.2) is 23.2 Å². The lowest BCUT2D eigenvalue weighted by Gasteiger charge is -2.19. The average molecular weight is 237 g/mol. The van der Waals surface area contributed by atoms with Gasteiger partial charge < -0.3 is 26.0 Å². The minimum atomic E-state index is -0.757. The van der Waals surface area contributed by atoms with Gasteiger partial charge in [0.1, 0.15) is 13.2 Å². The van der Waals surface area contributed by atoms with Crippen molar-refractivity contribution < 1.29 is 14.6 Å². The molecule has 1 unspecified atom stereocenters. The van der Waals surface area contributed by atoms with E-state index in [1.807, 2.05) is 0 Å². The van der Waals surface area contributed by atoms with Gasteiger partial charge in [-0.25, -0.2) is 0 Å². The average Bonchev–Trinajstić information content (AvgIpc) is 2.35. The first kappa shape index (κ1) is 11.5. The zero-order valence-electron chi connectivity index (χ0n) is 9.30. The molecule has 17 heavy (non-hydrogen) atoms. The van der Waals surface area contributed by atoms with Crippen LogP contribution in [-0.2, 0) is 0 Å². The van der Waals surface area contributed by atoms with Crippen LogP contribution in [0.3, 0.4) is 0 Å². The number of hydrogen-bond donors (Lipinski definition) is 3. The molecule has 6 nitrogen and oxygen atoms in total. The molecule has 0 saturated carbocycles. The molecule has 0 spiro atoms. The van der Waals surface area contributed by atoms with Crippen molar-refractivity contribution >= 4 is 5.96 Å². The van der Waals surface area contributed by atoms with E-state index in [0.717, 1.165) is 0 Å². The molecular formula is C11H15N3O3. The molecule has 2 rings (SSSR count). The first-order valence-electron chi connectivity index (χ1n) is 5.30.